The van der Waals surface area contributed by atoms with Gasteiger partial charge in [-0.05, 0) is 45.4 Å². The molecule has 0 saturated heterocycles. The summed E-state index contributed by atoms with van der Waals surface area (Å²) in [6, 6.07) is 47.2. The van der Waals surface area contributed by atoms with Crippen molar-refractivity contribution in [1.29, 1.82) is 0 Å². The van der Waals surface area contributed by atoms with Gasteiger partial charge in [0, 0.05) is 17.8 Å². The van der Waals surface area contributed by atoms with Gasteiger partial charge >= 0.3 is 12.1 Å². The fourth-order valence-electron chi connectivity index (χ4n) is 6.71. The number of ether oxygens (including phenoxy) is 1. The molecule has 1 amide bonds. The number of nitrogens with zero attached hydrogens (tertiary/aromatic N) is 3. The second kappa shape index (κ2) is 15.2. The van der Waals surface area contributed by atoms with Crippen LogP contribution < -0.4 is 5.32 Å². The van der Waals surface area contributed by atoms with Gasteiger partial charge in [0.15, 0.2) is 5.82 Å². The van der Waals surface area contributed by atoms with Gasteiger partial charge in [0.25, 0.3) is 0 Å². The van der Waals surface area contributed by atoms with Crippen LogP contribution in [0.1, 0.15) is 52.9 Å². The quantitative estimate of drug-likeness (QED) is 0.134. The number of aromatic amines is 1. The molecule has 0 fully saturated rings. The highest BCUT2D eigenvalue weighted by Crippen LogP contribution is 2.44. The van der Waals surface area contributed by atoms with E-state index in [2.05, 4.69) is 124 Å². The number of H-pyrrole nitrogens is 1. The van der Waals surface area contributed by atoms with Crippen LogP contribution in [-0.4, -0.2) is 50.4 Å². The Balaban J connectivity index is 0.000000177. The lowest BCUT2D eigenvalue weighted by Crippen LogP contribution is -2.43. The lowest BCUT2D eigenvalue weighted by molar-refractivity contribution is -0.139. The molecular formula is C40H37N5O4. The molecule has 0 saturated carbocycles. The van der Waals surface area contributed by atoms with E-state index in [1.165, 1.54) is 16.7 Å². The maximum absolute atomic E-state index is 12.2. The summed E-state index contributed by atoms with van der Waals surface area (Å²) in [6.45, 7) is 2.38. The fraction of sp³-hybridized carbons (Fsp3) is 0.175. The highest BCUT2D eigenvalue weighted by molar-refractivity contribution is 5.81. The Morgan fingerprint density at radius 3 is 1.65 bits per heavy atom. The predicted octanol–water partition coefficient (Wildman–Crippen LogP) is 7.17. The van der Waals surface area contributed by atoms with Gasteiger partial charge in [0.1, 0.15) is 12.6 Å². The SMILES string of the molecule is CCC(c1ccccc1)(c1ccccc1)c1ccccc1.O=C(N[C@@H](Cc1nn[nH]n1)C(=O)O)OCC1c2ccccc2-c2ccccc21. The Kier molecular flexibility index (Phi) is 10.2. The number of rotatable bonds is 10. The van der Waals surface area contributed by atoms with Crippen molar-refractivity contribution in [2.45, 2.75) is 37.1 Å². The van der Waals surface area contributed by atoms with E-state index in [-0.39, 0.29) is 30.2 Å². The number of carbonyl (C=O) groups is 2. The summed E-state index contributed by atoms with van der Waals surface area (Å²) in [4.78, 5) is 23.6. The maximum Gasteiger partial charge on any atom is 0.407 e. The van der Waals surface area contributed by atoms with Crippen molar-refractivity contribution < 1.29 is 19.4 Å². The molecule has 9 nitrogen and oxygen atoms in total. The highest BCUT2D eigenvalue weighted by Gasteiger charge is 2.34. The topological polar surface area (TPSA) is 130 Å². The third-order valence-corrected chi connectivity index (χ3v) is 9.04. The molecule has 6 aromatic rings. The van der Waals surface area contributed by atoms with Crippen LogP contribution in [-0.2, 0) is 21.4 Å². The zero-order valence-electron chi connectivity index (χ0n) is 27.1. The molecule has 0 spiro atoms. The molecule has 0 aliphatic heterocycles. The third-order valence-electron chi connectivity index (χ3n) is 9.04. The van der Waals surface area contributed by atoms with E-state index in [4.69, 9.17) is 4.74 Å². The largest absolute Gasteiger partial charge is 0.480 e. The molecule has 7 rings (SSSR count). The molecule has 1 atom stereocenters. The summed E-state index contributed by atoms with van der Waals surface area (Å²) >= 11 is 0. The number of carboxylic acids is 1. The molecule has 1 aromatic heterocycles. The van der Waals surface area contributed by atoms with Gasteiger partial charge in [-0.15, -0.1) is 10.2 Å². The lowest BCUT2D eigenvalue weighted by Gasteiger charge is -2.35. The highest BCUT2D eigenvalue weighted by atomic mass is 16.5. The van der Waals surface area contributed by atoms with Crippen molar-refractivity contribution in [3.05, 3.63) is 173 Å². The van der Waals surface area contributed by atoms with Crippen molar-refractivity contribution >= 4 is 12.1 Å². The number of tetrazole rings is 1. The van der Waals surface area contributed by atoms with Crippen molar-refractivity contribution in [2.24, 2.45) is 0 Å². The second-order valence-corrected chi connectivity index (χ2v) is 11.7. The molecule has 5 aromatic carbocycles. The summed E-state index contributed by atoms with van der Waals surface area (Å²) < 4.78 is 5.36. The molecule has 9 heteroatoms. The number of carboxylic acid groups (broad SMARTS) is 1. The van der Waals surface area contributed by atoms with Crippen LogP contribution in [0.15, 0.2) is 140 Å². The molecule has 246 valence electrons. The molecule has 3 N–H and O–H groups in total. The van der Waals surface area contributed by atoms with Crippen LogP contribution >= 0.6 is 0 Å². The van der Waals surface area contributed by atoms with Crippen LogP contribution in [0.5, 0.6) is 0 Å². The summed E-state index contributed by atoms with van der Waals surface area (Å²) in [5, 5.41) is 24.7. The Morgan fingerprint density at radius 1 is 0.755 bits per heavy atom. The van der Waals surface area contributed by atoms with Crippen LogP contribution in [0, 0.1) is 0 Å². The van der Waals surface area contributed by atoms with Gasteiger partial charge in [-0.25, -0.2) is 9.59 Å². The smallest absolute Gasteiger partial charge is 0.407 e. The molecule has 49 heavy (non-hydrogen) atoms. The number of hydrogen-bond donors (Lipinski definition) is 3. The van der Waals surface area contributed by atoms with Gasteiger partial charge in [0.2, 0.25) is 0 Å². The minimum atomic E-state index is -1.21. The van der Waals surface area contributed by atoms with Crippen LogP contribution in [0.2, 0.25) is 0 Å². The predicted molar refractivity (Wildman–Crippen MR) is 187 cm³/mol. The molecule has 1 aliphatic rings. The van der Waals surface area contributed by atoms with Gasteiger partial charge in [-0.1, -0.05) is 152 Å². The summed E-state index contributed by atoms with van der Waals surface area (Å²) in [7, 11) is 0. The number of hydrogen-bond acceptors (Lipinski definition) is 6. The Hall–Kier alpha value is -6.09. The van der Waals surface area contributed by atoms with E-state index in [1.807, 2.05) is 48.5 Å². The number of carbonyl (C=O) groups excluding carboxylic acids is 1. The molecule has 0 unspecified atom stereocenters. The maximum atomic E-state index is 12.2. The first-order chi connectivity index (χ1) is 24.0. The lowest BCUT2D eigenvalue weighted by atomic mass is 9.68. The number of aliphatic carboxylic acids is 1. The number of nitrogens with one attached hydrogen (secondary N) is 2. The van der Waals surface area contributed by atoms with E-state index in [0.717, 1.165) is 28.7 Å². The van der Waals surface area contributed by atoms with Gasteiger partial charge in [-0.3, -0.25) is 0 Å². The summed E-state index contributed by atoms with van der Waals surface area (Å²) in [5.41, 5.74) is 8.38. The van der Waals surface area contributed by atoms with Crippen LogP contribution in [0.25, 0.3) is 11.1 Å². The minimum Gasteiger partial charge on any atom is -0.480 e. The Labute approximate surface area is 285 Å². The molecule has 0 bridgehead atoms. The average Bonchev–Trinajstić information content (AvgIpc) is 3.79. The normalized spacial score (nSPS) is 12.5. The first-order valence-corrected chi connectivity index (χ1v) is 16.2. The summed E-state index contributed by atoms with van der Waals surface area (Å²) in [5.74, 6) is -1.12. The van der Waals surface area contributed by atoms with Gasteiger partial charge in [-0.2, -0.15) is 5.21 Å². The molecular weight excluding hydrogens is 614 g/mol. The minimum absolute atomic E-state index is 0.0796. The summed E-state index contributed by atoms with van der Waals surface area (Å²) in [6.07, 6.45) is 0.124. The number of fused-ring (bicyclic) bond motifs is 3. The van der Waals surface area contributed by atoms with Crippen molar-refractivity contribution in [1.82, 2.24) is 25.9 Å². The number of amides is 1. The van der Waals surface area contributed by atoms with E-state index < -0.39 is 18.1 Å². The molecule has 1 heterocycles. The average molecular weight is 652 g/mol. The third kappa shape index (κ3) is 7.11. The van der Waals surface area contributed by atoms with Gasteiger partial charge < -0.3 is 15.2 Å². The zero-order chi connectivity index (χ0) is 34.1. The van der Waals surface area contributed by atoms with E-state index in [9.17, 15) is 14.7 Å². The van der Waals surface area contributed by atoms with Crippen molar-refractivity contribution in [3.63, 3.8) is 0 Å². The fourth-order valence-corrected chi connectivity index (χ4v) is 6.71. The number of benzene rings is 5. The number of alkyl carbamates (subject to hydrolysis) is 1. The van der Waals surface area contributed by atoms with Crippen molar-refractivity contribution in [3.8, 4) is 11.1 Å². The molecule has 0 radical (unpaired) electrons. The second-order valence-electron chi connectivity index (χ2n) is 11.7. The first-order valence-electron chi connectivity index (χ1n) is 16.2. The zero-order valence-corrected chi connectivity index (χ0v) is 27.1. The van der Waals surface area contributed by atoms with Crippen LogP contribution in [0.4, 0.5) is 4.79 Å². The monoisotopic (exact) mass is 651 g/mol. The van der Waals surface area contributed by atoms with E-state index in [1.54, 1.807) is 0 Å². The van der Waals surface area contributed by atoms with Crippen LogP contribution in [0.3, 0.4) is 0 Å². The standard InChI is InChI=1S/C21H20.C19H17N5O4/c1-2-21(18-12-6-3-7-13-18,19-14-8-4-9-15-19)20-16-10-5-11-17-20;25-18(26)16(9-17-21-23-24-22-17)20-19(27)28-10-15-13-7-3-1-5-11(13)12-6-2-4-8-14(12)15/h3-17H,2H2,1H3;1-8,15-16H,9-10H2,(H,20,27)(H,25,26)(H,21,22,23,24)/t;16-/m.0/s1. The Morgan fingerprint density at radius 2 is 1.22 bits per heavy atom. The van der Waals surface area contributed by atoms with Gasteiger partial charge in [0.05, 0.1) is 0 Å². The molecule has 1 aliphatic carbocycles. The van der Waals surface area contributed by atoms with Crippen molar-refractivity contribution in [2.75, 3.05) is 6.61 Å². The van der Waals surface area contributed by atoms with E-state index in [0.29, 0.717) is 0 Å². The first kappa shape index (κ1) is 32.8. The van der Waals surface area contributed by atoms with E-state index >= 15 is 0 Å². The Bertz CT molecular complexity index is 1830. The number of aromatic nitrogens is 4.